The molecule has 2 heterocycles. The van der Waals surface area contributed by atoms with Crippen LogP contribution in [0.3, 0.4) is 0 Å². The fraction of sp³-hybridized carbons (Fsp3) is 0.692. The highest BCUT2D eigenvalue weighted by Crippen LogP contribution is 2.22. The van der Waals surface area contributed by atoms with E-state index < -0.39 is 0 Å². The molecular weight excluding hydrogens is 214 g/mol. The van der Waals surface area contributed by atoms with Gasteiger partial charge in [0.05, 0.1) is 6.04 Å². The molecule has 1 fully saturated rings. The molecule has 4 nitrogen and oxygen atoms in total. The van der Waals surface area contributed by atoms with E-state index in [9.17, 15) is 0 Å². The number of furan rings is 1. The number of hydrogen-bond acceptors (Lipinski definition) is 4. The smallest absolute Gasteiger partial charge is 0.122 e. The van der Waals surface area contributed by atoms with Crippen LogP contribution < -0.4 is 5.73 Å². The number of aryl methyl sites for hydroxylation is 1. The van der Waals surface area contributed by atoms with E-state index in [4.69, 9.17) is 10.2 Å². The van der Waals surface area contributed by atoms with E-state index in [2.05, 4.69) is 22.9 Å². The zero-order valence-electron chi connectivity index (χ0n) is 10.9. The Morgan fingerprint density at radius 3 is 2.76 bits per heavy atom. The lowest BCUT2D eigenvalue weighted by Crippen LogP contribution is -2.36. The van der Waals surface area contributed by atoms with Crippen molar-refractivity contribution in [2.24, 2.45) is 5.73 Å². The largest absolute Gasteiger partial charge is 0.465 e. The second-order valence-electron chi connectivity index (χ2n) is 4.89. The molecule has 2 rings (SSSR count). The van der Waals surface area contributed by atoms with Gasteiger partial charge in [-0.15, -0.1) is 0 Å². The molecule has 0 spiro atoms. The van der Waals surface area contributed by atoms with Crippen LogP contribution in [-0.2, 0) is 0 Å². The quantitative estimate of drug-likeness (QED) is 0.859. The standard InChI is InChI=1S/C13H23N3O/c1-11-4-5-13(17-11)12(10-14)16-7-3-6-15(2)8-9-16/h4-5,12H,3,6-10,14H2,1-2H3. The van der Waals surface area contributed by atoms with Crippen LogP contribution in [0.1, 0.15) is 24.0 Å². The average Bonchev–Trinajstić information content (AvgIpc) is 2.61. The van der Waals surface area contributed by atoms with E-state index in [0.29, 0.717) is 6.54 Å². The summed E-state index contributed by atoms with van der Waals surface area (Å²) in [5.41, 5.74) is 5.92. The topological polar surface area (TPSA) is 45.6 Å². The summed E-state index contributed by atoms with van der Waals surface area (Å²) in [5.74, 6) is 1.97. The monoisotopic (exact) mass is 237 g/mol. The van der Waals surface area contributed by atoms with Gasteiger partial charge in [-0.1, -0.05) is 0 Å². The molecule has 1 aliphatic rings. The number of hydrogen-bond donors (Lipinski definition) is 1. The summed E-state index contributed by atoms with van der Waals surface area (Å²) >= 11 is 0. The van der Waals surface area contributed by atoms with E-state index >= 15 is 0 Å². The minimum Gasteiger partial charge on any atom is -0.465 e. The van der Waals surface area contributed by atoms with Crippen LogP contribution >= 0.6 is 0 Å². The van der Waals surface area contributed by atoms with Gasteiger partial charge in [-0.3, -0.25) is 4.90 Å². The fourth-order valence-corrected chi connectivity index (χ4v) is 2.46. The highest BCUT2D eigenvalue weighted by Gasteiger charge is 2.23. The van der Waals surface area contributed by atoms with Crippen molar-refractivity contribution in [3.05, 3.63) is 23.7 Å². The Labute approximate surface area is 103 Å². The van der Waals surface area contributed by atoms with Crippen LogP contribution in [0.5, 0.6) is 0 Å². The Bertz CT molecular complexity index is 350. The van der Waals surface area contributed by atoms with Crippen molar-refractivity contribution in [3.63, 3.8) is 0 Å². The maximum atomic E-state index is 5.92. The van der Waals surface area contributed by atoms with Crippen LogP contribution in [0.25, 0.3) is 0 Å². The maximum Gasteiger partial charge on any atom is 0.122 e. The van der Waals surface area contributed by atoms with Gasteiger partial charge >= 0.3 is 0 Å². The van der Waals surface area contributed by atoms with Crippen molar-refractivity contribution in [2.45, 2.75) is 19.4 Å². The minimum absolute atomic E-state index is 0.232. The number of likely N-dealkylation sites (N-methyl/N-ethyl adjacent to an activating group) is 1. The lowest BCUT2D eigenvalue weighted by atomic mass is 10.2. The lowest BCUT2D eigenvalue weighted by Gasteiger charge is -2.28. The molecule has 1 saturated heterocycles. The van der Waals surface area contributed by atoms with Gasteiger partial charge in [0.25, 0.3) is 0 Å². The Hall–Kier alpha value is -0.840. The molecule has 0 aliphatic carbocycles. The highest BCUT2D eigenvalue weighted by atomic mass is 16.3. The van der Waals surface area contributed by atoms with Crippen LogP contribution in [0, 0.1) is 6.92 Å². The third kappa shape index (κ3) is 3.09. The second-order valence-corrected chi connectivity index (χ2v) is 4.89. The number of rotatable bonds is 3. The summed E-state index contributed by atoms with van der Waals surface area (Å²) in [6.07, 6.45) is 1.20. The van der Waals surface area contributed by atoms with Crippen molar-refractivity contribution in [1.29, 1.82) is 0 Å². The Kier molecular flexibility index (Phi) is 4.20. The summed E-state index contributed by atoms with van der Waals surface area (Å²) in [4.78, 5) is 4.82. The molecule has 4 heteroatoms. The lowest BCUT2D eigenvalue weighted by molar-refractivity contribution is 0.184. The predicted octanol–water partition coefficient (Wildman–Crippen LogP) is 1.23. The molecule has 1 aromatic heterocycles. The molecule has 0 bridgehead atoms. The van der Waals surface area contributed by atoms with E-state index in [1.165, 1.54) is 13.0 Å². The molecule has 17 heavy (non-hydrogen) atoms. The molecule has 96 valence electrons. The Balaban J connectivity index is 2.07. The summed E-state index contributed by atoms with van der Waals surface area (Å²) in [6.45, 7) is 7.05. The summed E-state index contributed by atoms with van der Waals surface area (Å²) in [6, 6.07) is 4.30. The first-order chi connectivity index (χ1) is 8.20. The minimum atomic E-state index is 0.232. The van der Waals surface area contributed by atoms with E-state index in [1.54, 1.807) is 0 Å². The SMILES string of the molecule is Cc1ccc(C(CN)N2CCCN(C)CC2)o1. The molecule has 0 radical (unpaired) electrons. The van der Waals surface area contributed by atoms with Crippen LogP contribution in [0.15, 0.2) is 16.5 Å². The van der Waals surface area contributed by atoms with Gasteiger partial charge in [0.15, 0.2) is 0 Å². The van der Waals surface area contributed by atoms with E-state index in [1.807, 2.05) is 13.0 Å². The van der Waals surface area contributed by atoms with Crippen molar-refractivity contribution >= 4 is 0 Å². The zero-order valence-corrected chi connectivity index (χ0v) is 10.9. The highest BCUT2D eigenvalue weighted by molar-refractivity contribution is 5.10. The zero-order chi connectivity index (χ0) is 12.3. The maximum absolute atomic E-state index is 5.92. The molecule has 0 aromatic carbocycles. The van der Waals surface area contributed by atoms with Gasteiger partial charge < -0.3 is 15.1 Å². The molecule has 1 aromatic rings. The van der Waals surface area contributed by atoms with Gasteiger partial charge in [-0.05, 0) is 39.1 Å². The molecule has 1 atom stereocenters. The number of nitrogens with two attached hydrogens (primary N) is 1. The molecule has 2 N–H and O–H groups in total. The Morgan fingerprint density at radius 1 is 1.29 bits per heavy atom. The second kappa shape index (κ2) is 5.67. The average molecular weight is 237 g/mol. The van der Waals surface area contributed by atoms with Crippen molar-refractivity contribution in [1.82, 2.24) is 9.80 Å². The molecule has 1 unspecified atom stereocenters. The van der Waals surface area contributed by atoms with Gasteiger partial charge in [0, 0.05) is 26.2 Å². The van der Waals surface area contributed by atoms with Crippen LogP contribution in [0.2, 0.25) is 0 Å². The van der Waals surface area contributed by atoms with Gasteiger partial charge in [-0.25, -0.2) is 0 Å². The molecule has 1 aliphatic heterocycles. The van der Waals surface area contributed by atoms with Crippen LogP contribution in [0.4, 0.5) is 0 Å². The molecule has 0 amide bonds. The van der Waals surface area contributed by atoms with Crippen molar-refractivity contribution in [2.75, 3.05) is 39.8 Å². The van der Waals surface area contributed by atoms with E-state index in [-0.39, 0.29) is 6.04 Å². The summed E-state index contributed by atoms with van der Waals surface area (Å²) in [5, 5.41) is 0. The first-order valence-electron chi connectivity index (χ1n) is 6.39. The first-order valence-corrected chi connectivity index (χ1v) is 6.39. The normalized spacial score (nSPS) is 21.4. The van der Waals surface area contributed by atoms with Crippen molar-refractivity contribution in [3.8, 4) is 0 Å². The Morgan fingerprint density at radius 2 is 2.12 bits per heavy atom. The third-order valence-corrected chi connectivity index (χ3v) is 3.51. The van der Waals surface area contributed by atoms with Crippen LogP contribution in [-0.4, -0.2) is 49.6 Å². The fourth-order valence-electron chi connectivity index (χ4n) is 2.46. The van der Waals surface area contributed by atoms with Gasteiger partial charge in [0.1, 0.15) is 11.5 Å². The molecule has 0 saturated carbocycles. The third-order valence-electron chi connectivity index (χ3n) is 3.51. The van der Waals surface area contributed by atoms with E-state index in [0.717, 1.165) is 31.2 Å². The summed E-state index contributed by atoms with van der Waals surface area (Å²) < 4.78 is 5.72. The first kappa shape index (κ1) is 12.6. The number of nitrogens with zero attached hydrogens (tertiary/aromatic N) is 2. The predicted molar refractivity (Wildman–Crippen MR) is 68.9 cm³/mol. The molecular formula is C13H23N3O. The van der Waals surface area contributed by atoms with Crippen molar-refractivity contribution < 1.29 is 4.42 Å². The van der Waals surface area contributed by atoms with Gasteiger partial charge in [-0.2, -0.15) is 0 Å². The van der Waals surface area contributed by atoms with Gasteiger partial charge in [0.2, 0.25) is 0 Å². The summed E-state index contributed by atoms with van der Waals surface area (Å²) in [7, 11) is 2.18.